The van der Waals surface area contributed by atoms with Gasteiger partial charge in [-0.25, -0.2) is 0 Å². The summed E-state index contributed by atoms with van der Waals surface area (Å²) < 4.78 is 6.04. The highest BCUT2D eigenvalue weighted by Gasteiger charge is 2.09. The molecule has 0 spiro atoms. The second-order valence-electron chi connectivity index (χ2n) is 4.57. The van der Waals surface area contributed by atoms with Gasteiger partial charge in [-0.05, 0) is 52.2 Å². The summed E-state index contributed by atoms with van der Waals surface area (Å²) in [5.41, 5.74) is 2.15. The van der Waals surface area contributed by atoms with E-state index in [1.165, 1.54) is 0 Å². The van der Waals surface area contributed by atoms with Crippen LogP contribution < -0.4 is 5.32 Å². The Balaban J connectivity index is 1.96. The van der Waals surface area contributed by atoms with Crippen LogP contribution in [-0.4, -0.2) is 35.8 Å². The fourth-order valence-electron chi connectivity index (χ4n) is 1.86. The Morgan fingerprint density at radius 1 is 1.27 bits per heavy atom. The Bertz CT molecular complexity index is 620. The predicted octanol–water partition coefficient (Wildman–Crippen LogP) is 2.65. The lowest BCUT2D eigenvalue weighted by Gasteiger charge is -2.09. The molecule has 0 aliphatic heterocycles. The van der Waals surface area contributed by atoms with E-state index in [-0.39, 0.29) is 12.5 Å². The molecule has 0 radical (unpaired) electrons. The van der Waals surface area contributed by atoms with Crippen molar-refractivity contribution in [1.29, 1.82) is 0 Å². The van der Waals surface area contributed by atoms with E-state index in [4.69, 9.17) is 9.84 Å². The Hall–Kier alpha value is -1.76. The van der Waals surface area contributed by atoms with Crippen LogP contribution in [0.4, 0.5) is 5.69 Å². The molecule has 0 saturated heterocycles. The third kappa shape index (κ3) is 4.91. The van der Waals surface area contributed by atoms with Crippen molar-refractivity contribution < 1.29 is 14.6 Å². The van der Waals surface area contributed by atoms with Crippen molar-refractivity contribution in [3.8, 4) is 0 Å². The van der Waals surface area contributed by atoms with Crippen molar-refractivity contribution in [3.63, 3.8) is 0 Å². The van der Waals surface area contributed by atoms with Gasteiger partial charge in [-0.15, -0.1) is 0 Å². The number of benzene rings is 1. The van der Waals surface area contributed by atoms with E-state index in [9.17, 15) is 4.79 Å². The van der Waals surface area contributed by atoms with Crippen LogP contribution in [0.3, 0.4) is 0 Å². The number of rotatable bonds is 7. The molecule has 0 atom stereocenters. The largest absolute Gasteiger partial charge is 0.394 e. The standard InChI is InChI=1S/C16H17BrN2O3/c17-13-11-12(6-9-22-10-8-20)4-5-14(13)19-16(21)15-3-1-2-7-18-15/h1-5,7,11,20H,6,8-10H2,(H,19,21). The Labute approximate surface area is 137 Å². The van der Waals surface area contributed by atoms with Crippen molar-refractivity contribution >= 4 is 27.5 Å². The number of anilines is 1. The first-order valence-corrected chi connectivity index (χ1v) is 7.69. The van der Waals surface area contributed by atoms with Gasteiger partial charge in [0.25, 0.3) is 5.91 Å². The van der Waals surface area contributed by atoms with Gasteiger partial charge in [-0.3, -0.25) is 9.78 Å². The normalized spacial score (nSPS) is 10.5. The van der Waals surface area contributed by atoms with Gasteiger partial charge in [0.2, 0.25) is 0 Å². The van der Waals surface area contributed by atoms with Crippen molar-refractivity contribution in [2.45, 2.75) is 6.42 Å². The number of ether oxygens (including phenoxy) is 1. The molecule has 1 aromatic heterocycles. The van der Waals surface area contributed by atoms with E-state index in [1.807, 2.05) is 18.2 Å². The fraction of sp³-hybridized carbons (Fsp3) is 0.250. The van der Waals surface area contributed by atoms with E-state index in [0.717, 1.165) is 16.5 Å². The first kappa shape index (κ1) is 16.6. The Morgan fingerprint density at radius 2 is 2.14 bits per heavy atom. The quantitative estimate of drug-likeness (QED) is 0.740. The van der Waals surface area contributed by atoms with Crippen molar-refractivity contribution in [3.05, 3.63) is 58.3 Å². The first-order valence-electron chi connectivity index (χ1n) is 6.90. The highest BCUT2D eigenvalue weighted by atomic mass is 79.9. The number of nitrogens with zero attached hydrogens (tertiary/aromatic N) is 1. The van der Waals surface area contributed by atoms with E-state index in [0.29, 0.717) is 24.6 Å². The van der Waals surface area contributed by atoms with E-state index in [2.05, 4.69) is 26.2 Å². The monoisotopic (exact) mass is 364 g/mol. The molecule has 1 heterocycles. The summed E-state index contributed by atoms with van der Waals surface area (Å²) in [6, 6.07) is 10.9. The summed E-state index contributed by atoms with van der Waals surface area (Å²) in [7, 11) is 0. The fourth-order valence-corrected chi connectivity index (χ4v) is 2.38. The molecule has 0 aliphatic carbocycles. The van der Waals surface area contributed by atoms with Gasteiger partial charge in [0.05, 0.1) is 25.5 Å². The van der Waals surface area contributed by atoms with Crippen molar-refractivity contribution in [2.75, 3.05) is 25.1 Å². The smallest absolute Gasteiger partial charge is 0.274 e. The van der Waals surface area contributed by atoms with E-state index < -0.39 is 0 Å². The van der Waals surface area contributed by atoms with E-state index in [1.54, 1.807) is 24.4 Å². The first-order chi connectivity index (χ1) is 10.7. The zero-order valence-electron chi connectivity index (χ0n) is 12.0. The molecule has 6 heteroatoms. The maximum atomic E-state index is 12.1. The van der Waals surface area contributed by atoms with Gasteiger partial charge >= 0.3 is 0 Å². The summed E-state index contributed by atoms with van der Waals surface area (Å²) in [5.74, 6) is -0.250. The second-order valence-corrected chi connectivity index (χ2v) is 5.42. The minimum atomic E-state index is -0.250. The lowest BCUT2D eigenvalue weighted by molar-refractivity contribution is 0.0944. The predicted molar refractivity (Wildman–Crippen MR) is 87.9 cm³/mol. The van der Waals surface area contributed by atoms with Gasteiger partial charge in [-0.1, -0.05) is 12.1 Å². The number of pyridine rings is 1. The number of hydrogen-bond acceptors (Lipinski definition) is 4. The minimum absolute atomic E-state index is 0.0299. The van der Waals surface area contributed by atoms with Gasteiger partial charge in [-0.2, -0.15) is 0 Å². The summed E-state index contributed by atoms with van der Waals surface area (Å²) in [4.78, 5) is 16.1. The van der Waals surface area contributed by atoms with Crippen LogP contribution in [0.2, 0.25) is 0 Å². The molecule has 116 valence electrons. The molecule has 1 aromatic carbocycles. The van der Waals surface area contributed by atoms with Gasteiger partial charge < -0.3 is 15.2 Å². The molecule has 5 nitrogen and oxygen atoms in total. The Morgan fingerprint density at radius 3 is 2.82 bits per heavy atom. The SMILES string of the molecule is O=C(Nc1ccc(CCOCCO)cc1Br)c1ccccn1. The molecule has 0 saturated carbocycles. The summed E-state index contributed by atoms with van der Waals surface area (Å²) in [6.07, 6.45) is 2.33. The number of carbonyl (C=O) groups is 1. The molecular formula is C16H17BrN2O3. The molecular weight excluding hydrogens is 348 g/mol. The van der Waals surface area contributed by atoms with Crippen LogP contribution in [0.25, 0.3) is 0 Å². The van der Waals surface area contributed by atoms with Gasteiger partial charge in [0.15, 0.2) is 0 Å². The summed E-state index contributed by atoms with van der Waals surface area (Å²) >= 11 is 3.45. The van der Waals surface area contributed by atoms with Crippen LogP contribution in [0.15, 0.2) is 47.1 Å². The van der Waals surface area contributed by atoms with E-state index >= 15 is 0 Å². The highest BCUT2D eigenvalue weighted by molar-refractivity contribution is 9.10. The number of amides is 1. The molecule has 22 heavy (non-hydrogen) atoms. The number of nitrogens with one attached hydrogen (secondary N) is 1. The average molecular weight is 365 g/mol. The summed E-state index contributed by atoms with van der Waals surface area (Å²) in [6.45, 7) is 0.925. The van der Waals surface area contributed by atoms with Crippen molar-refractivity contribution in [2.24, 2.45) is 0 Å². The molecule has 0 unspecified atom stereocenters. The molecule has 0 aliphatic rings. The van der Waals surface area contributed by atoms with Crippen LogP contribution in [0.1, 0.15) is 16.1 Å². The number of aliphatic hydroxyl groups excluding tert-OH is 1. The maximum absolute atomic E-state index is 12.1. The van der Waals surface area contributed by atoms with Crippen LogP contribution in [-0.2, 0) is 11.2 Å². The molecule has 1 amide bonds. The minimum Gasteiger partial charge on any atom is -0.394 e. The van der Waals surface area contributed by atoms with Crippen molar-refractivity contribution in [1.82, 2.24) is 4.98 Å². The third-order valence-corrected chi connectivity index (χ3v) is 3.61. The van der Waals surface area contributed by atoms with Gasteiger partial charge in [0, 0.05) is 10.7 Å². The lowest BCUT2D eigenvalue weighted by atomic mass is 10.1. The number of aromatic nitrogens is 1. The molecule has 2 N–H and O–H groups in total. The Kier molecular flexibility index (Phi) is 6.51. The number of carbonyl (C=O) groups excluding carboxylic acids is 1. The number of hydrogen-bond donors (Lipinski definition) is 2. The zero-order valence-corrected chi connectivity index (χ0v) is 13.5. The molecule has 0 bridgehead atoms. The third-order valence-electron chi connectivity index (χ3n) is 2.95. The lowest BCUT2D eigenvalue weighted by Crippen LogP contribution is -2.13. The van der Waals surface area contributed by atoms with Gasteiger partial charge in [0.1, 0.15) is 5.69 Å². The number of halogens is 1. The van der Waals surface area contributed by atoms with Crippen LogP contribution >= 0.6 is 15.9 Å². The summed E-state index contributed by atoms with van der Waals surface area (Å²) in [5, 5.41) is 11.5. The number of aliphatic hydroxyl groups is 1. The zero-order chi connectivity index (χ0) is 15.8. The van der Waals surface area contributed by atoms with Crippen LogP contribution in [0, 0.1) is 0 Å². The molecule has 0 fully saturated rings. The second kappa shape index (κ2) is 8.63. The average Bonchev–Trinajstić information content (AvgIpc) is 2.55. The molecule has 2 aromatic rings. The van der Waals surface area contributed by atoms with Crippen LogP contribution in [0.5, 0.6) is 0 Å². The maximum Gasteiger partial charge on any atom is 0.274 e. The highest BCUT2D eigenvalue weighted by Crippen LogP contribution is 2.24. The molecule has 2 rings (SSSR count). The topological polar surface area (TPSA) is 71.5 Å².